The largest absolute Gasteiger partial charge is 0.398 e. The third-order valence-electron chi connectivity index (χ3n) is 1.98. The van der Waals surface area contributed by atoms with Gasteiger partial charge in [0.1, 0.15) is 0 Å². The number of hydrogen-bond acceptors (Lipinski definition) is 1. The second-order valence-corrected chi connectivity index (χ2v) is 3.00. The molecule has 0 saturated carbocycles. The van der Waals surface area contributed by atoms with E-state index in [1.54, 1.807) is 0 Å². The maximum atomic E-state index is 5.83. The van der Waals surface area contributed by atoms with Crippen molar-refractivity contribution < 1.29 is 0 Å². The predicted octanol–water partition coefficient (Wildman–Crippen LogP) is 3.25. The second kappa shape index (κ2) is 4.51. The standard InChI is InChI=1S/C12H15N/c1-3-4-7-10(2)11-8-5-6-9-12(11)13/h3,5-9H,1,4,13H2,2H3/b10-7-. The highest BCUT2D eigenvalue weighted by molar-refractivity contribution is 5.73. The number of nitrogens with two attached hydrogens (primary N) is 1. The van der Waals surface area contributed by atoms with Crippen LogP contribution in [-0.2, 0) is 0 Å². The smallest absolute Gasteiger partial charge is 0.0390 e. The third kappa shape index (κ3) is 2.48. The summed E-state index contributed by atoms with van der Waals surface area (Å²) in [7, 11) is 0. The molecule has 0 spiro atoms. The second-order valence-electron chi connectivity index (χ2n) is 3.00. The lowest BCUT2D eigenvalue weighted by atomic mass is 10.0. The number of nitrogen functional groups attached to an aromatic ring is 1. The summed E-state index contributed by atoms with van der Waals surface area (Å²) in [6, 6.07) is 7.89. The molecular formula is C12H15N. The molecule has 0 aromatic heterocycles. The van der Waals surface area contributed by atoms with Gasteiger partial charge in [0.05, 0.1) is 0 Å². The Hall–Kier alpha value is -1.50. The van der Waals surface area contributed by atoms with Crippen LogP contribution in [0.4, 0.5) is 5.69 Å². The number of para-hydroxylation sites is 1. The van der Waals surface area contributed by atoms with E-state index < -0.39 is 0 Å². The topological polar surface area (TPSA) is 26.0 Å². The van der Waals surface area contributed by atoms with Crippen LogP contribution in [-0.4, -0.2) is 0 Å². The first kappa shape index (κ1) is 9.59. The van der Waals surface area contributed by atoms with E-state index in [0.717, 1.165) is 17.7 Å². The zero-order chi connectivity index (χ0) is 9.68. The first-order valence-corrected chi connectivity index (χ1v) is 4.38. The van der Waals surface area contributed by atoms with Gasteiger partial charge in [0.15, 0.2) is 0 Å². The van der Waals surface area contributed by atoms with E-state index in [9.17, 15) is 0 Å². The molecule has 0 fully saturated rings. The van der Waals surface area contributed by atoms with Gasteiger partial charge in [-0.15, -0.1) is 6.58 Å². The average molecular weight is 173 g/mol. The van der Waals surface area contributed by atoms with Crippen molar-refractivity contribution in [2.45, 2.75) is 13.3 Å². The lowest BCUT2D eigenvalue weighted by Crippen LogP contribution is -1.90. The van der Waals surface area contributed by atoms with Crippen LogP contribution in [0.3, 0.4) is 0 Å². The van der Waals surface area contributed by atoms with Crippen molar-refractivity contribution in [1.82, 2.24) is 0 Å². The monoisotopic (exact) mass is 173 g/mol. The van der Waals surface area contributed by atoms with Gasteiger partial charge in [-0.25, -0.2) is 0 Å². The van der Waals surface area contributed by atoms with Gasteiger partial charge >= 0.3 is 0 Å². The zero-order valence-electron chi connectivity index (χ0n) is 7.96. The quantitative estimate of drug-likeness (QED) is 0.551. The molecule has 0 atom stereocenters. The van der Waals surface area contributed by atoms with Crippen molar-refractivity contribution in [3.05, 3.63) is 48.6 Å². The van der Waals surface area contributed by atoms with Crippen LogP contribution in [0.5, 0.6) is 0 Å². The van der Waals surface area contributed by atoms with Gasteiger partial charge in [-0.3, -0.25) is 0 Å². The van der Waals surface area contributed by atoms with Crippen molar-refractivity contribution in [3.8, 4) is 0 Å². The molecule has 0 amide bonds. The number of allylic oxidation sites excluding steroid dienone is 3. The summed E-state index contributed by atoms with van der Waals surface area (Å²) >= 11 is 0. The molecule has 0 aliphatic rings. The van der Waals surface area contributed by atoms with E-state index in [4.69, 9.17) is 5.73 Å². The summed E-state index contributed by atoms with van der Waals surface area (Å²) in [5.74, 6) is 0. The summed E-state index contributed by atoms with van der Waals surface area (Å²) in [5, 5.41) is 0. The van der Waals surface area contributed by atoms with Crippen LogP contribution in [0.15, 0.2) is 43.0 Å². The summed E-state index contributed by atoms with van der Waals surface area (Å²) in [5.41, 5.74) is 8.98. The van der Waals surface area contributed by atoms with Gasteiger partial charge in [0, 0.05) is 5.69 Å². The number of anilines is 1. The first-order valence-electron chi connectivity index (χ1n) is 4.38. The fourth-order valence-electron chi connectivity index (χ4n) is 1.23. The Morgan fingerprint density at radius 2 is 2.15 bits per heavy atom. The number of rotatable bonds is 3. The van der Waals surface area contributed by atoms with Crippen LogP contribution in [0.25, 0.3) is 5.57 Å². The minimum Gasteiger partial charge on any atom is -0.398 e. The molecule has 0 radical (unpaired) electrons. The Morgan fingerprint density at radius 1 is 1.46 bits per heavy atom. The van der Waals surface area contributed by atoms with Crippen molar-refractivity contribution in [2.75, 3.05) is 5.73 Å². The van der Waals surface area contributed by atoms with E-state index in [1.165, 1.54) is 5.57 Å². The van der Waals surface area contributed by atoms with Crippen molar-refractivity contribution in [3.63, 3.8) is 0 Å². The number of benzene rings is 1. The molecule has 68 valence electrons. The molecule has 1 heteroatoms. The fourth-order valence-corrected chi connectivity index (χ4v) is 1.23. The van der Waals surface area contributed by atoms with Crippen molar-refractivity contribution >= 4 is 11.3 Å². The van der Waals surface area contributed by atoms with E-state index in [0.29, 0.717) is 0 Å². The predicted molar refractivity (Wildman–Crippen MR) is 59.3 cm³/mol. The summed E-state index contributed by atoms with van der Waals surface area (Å²) in [4.78, 5) is 0. The molecule has 0 bridgehead atoms. The van der Waals surface area contributed by atoms with Crippen molar-refractivity contribution in [2.24, 2.45) is 0 Å². The Kier molecular flexibility index (Phi) is 3.32. The lowest BCUT2D eigenvalue weighted by molar-refractivity contribution is 1.39. The summed E-state index contributed by atoms with van der Waals surface area (Å²) in [6.07, 6.45) is 4.89. The van der Waals surface area contributed by atoms with Gasteiger partial charge in [0.2, 0.25) is 0 Å². The van der Waals surface area contributed by atoms with Crippen LogP contribution in [0.2, 0.25) is 0 Å². The zero-order valence-corrected chi connectivity index (χ0v) is 7.96. The molecule has 1 nitrogen and oxygen atoms in total. The van der Waals surface area contributed by atoms with Gasteiger partial charge in [-0.05, 0) is 30.5 Å². The lowest BCUT2D eigenvalue weighted by Gasteiger charge is -2.04. The van der Waals surface area contributed by atoms with E-state index >= 15 is 0 Å². The minimum atomic E-state index is 0.834. The SMILES string of the molecule is C=CC/C=C(/C)c1ccccc1N. The molecule has 0 aliphatic carbocycles. The highest BCUT2D eigenvalue weighted by Gasteiger charge is 1.97. The van der Waals surface area contributed by atoms with Crippen molar-refractivity contribution in [1.29, 1.82) is 0 Å². The van der Waals surface area contributed by atoms with Gasteiger partial charge in [-0.2, -0.15) is 0 Å². The third-order valence-corrected chi connectivity index (χ3v) is 1.98. The molecule has 1 aromatic rings. The fraction of sp³-hybridized carbons (Fsp3) is 0.167. The Morgan fingerprint density at radius 3 is 2.77 bits per heavy atom. The molecular weight excluding hydrogens is 158 g/mol. The maximum absolute atomic E-state index is 5.83. The normalized spacial score (nSPS) is 11.3. The van der Waals surface area contributed by atoms with Crippen LogP contribution < -0.4 is 5.73 Å². The first-order chi connectivity index (χ1) is 6.25. The Balaban J connectivity index is 2.94. The van der Waals surface area contributed by atoms with Crippen LogP contribution in [0, 0.1) is 0 Å². The van der Waals surface area contributed by atoms with Crippen LogP contribution in [0.1, 0.15) is 18.9 Å². The highest BCUT2D eigenvalue weighted by Crippen LogP contribution is 2.20. The van der Waals surface area contributed by atoms with E-state index in [1.807, 2.05) is 30.3 Å². The maximum Gasteiger partial charge on any atom is 0.0390 e. The summed E-state index contributed by atoms with van der Waals surface area (Å²) < 4.78 is 0. The molecule has 0 unspecified atom stereocenters. The Labute approximate surface area is 79.6 Å². The molecule has 0 aliphatic heterocycles. The number of hydrogen-bond donors (Lipinski definition) is 1. The molecule has 0 saturated heterocycles. The molecule has 0 heterocycles. The summed E-state index contributed by atoms with van der Waals surface area (Å²) in [6.45, 7) is 5.74. The van der Waals surface area contributed by atoms with E-state index in [2.05, 4.69) is 19.6 Å². The van der Waals surface area contributed by atoms with Gasteiger partial charge in [0.25, 0.3) is 0 Å². The van der Waals surface area contributed by atoms with E-state index in [-0.39, 0.29) is 0 Å². The van der Waals surface area contributed by atoms with Crippen LogP contribution >= 0.6 is 0 Å². The average Bonchev–Trinajstić information content (AvgIpc) is 2.15. The Bertz CT molecular complexity index is 324. The minimum absolute atomic E-state index is 0.834. The highest BCUT2D eigenvalue weighted by atomic mass is 14.6. The molecule has 13 heavy (non-hydrogen) atoms. The van der Waals surface area contributed by atoms with Gasteiger partial charge < -0.3 is 5.73 Å². The van der Waals surface area contributed by atoms with Gasteiger partial charge in [-0.1, -0.05) is 30.4 Å². The molecule has 1 aromatic carbocycles. The molecule has 1 rings (SSSR count). The molecule has 2 N–H and O–H groups in total.